The van der Waals surface area contributed by atoms with E-state index in [-0.39, 0.29) is 21.8 Å². The molecule has 4 rings (SSSR count). The summed E-state index contributed by atoms with van der Waals surface area (Å²) in [5.74, 6) is -0.164. The van der Waals surface area contributed by atoms with E-state index in [4.69, 9.17) is 0 Å². The molecule has 0 saturated carbocycles. The van der Waals surface area contributed by atoms with Crippen molar-refractivity contribution in [2.75, 3.05) is 23.7 Å². The zero-order valence-corrected chi connectivity index (χ0v) is 24.1. The number of benzene rings is 3. The van der Waals surface area contributed by atoms with E-state index in [1.54, 1.807) is 55.5 Å². The van der Waals surface area contributed by atoms with Crippen molar-refractivity contribution in [3.05, 3.63) is 89.0 Å². The third-order valence-electron chi connectivity index (χ3n) is 7.23. The van der Waals surface area contributed by atoms with Crippen LogP contribution >= 0.6 is 0 Å². The second kappa shape index (κ2) is 11.3. The average molecular weight is 548 g/mol. The molecule has 0 aliphatic carbocycles. The number of anilines is 2. The lowest BCUT2D eigenvalue weighted by Gasteiger charge is -2.29. The van der Waals surface area contributed by atoms with Crippen molar-refractivity contribution in [1.82, 2.24) is 4.31 Å². The molecule has 1 saturated heterocycles. The molecule has 0 aromatic heterocycles. The fourth-order valence-electron chi connectivity index (χ4n) is 4.58. The highest BCUT2D eigenvalue weighted by Gasteiger charge is 2.29. The number of amides is 2. The van der Waals surface area contributed by atoms with Crippen LogP contribution < -0.4 is 10.6 Å². The summed E-state index contributed by atoms with van der Waals surface area (Å²) >= 11 is 0. The first kappa shape index (κ1) is 28.5. The zero-order chi connectivity index (χ0) is 28.4. The fraction of sp³-hybridized carbons (Fsp3) is 0.355. The Labute approximate surface area is 231 Å². The number of carbonyl (C=O) groups excluding carboxylic acids is 2. The van der Waals surface area contributed by atoms with Crippen molar-refractivity contribution in [1.29, 1.82) is 0 Å². The molecule has 7 nitrogen and oxygen atoms in total. The van der Waals surface area contributed by atoms with E-state index >= 15 is 0 Å². The Morgan fingerprint density at radius 1 is 0.846 bits per heavy atom. The van der Waals surface area contributed by atoms with E-state index in [1.165, 1.54) is 10.4 Å². The molecule has 8 heteroatoms. The maximum Gasteiger partial charge on any atom is 0.255 e. The summed E-state index contributed by atoms with van der Waals surface area (Å²) in [6, 6.07) is 19.0. The maximum absolute atomic E-state index is 13.2. The Kier molecular flexibility index (Phi) is 8.28. The Balaban J connectivity index is 1.47. The average Bonchev–Trinajstić information content (AvgIpc) is 2.89. The third kappa shape index (κ3) is 6.75. The summed E-state index contributed by atoms with van der Waals surface area (Å²) in [4.78, 5) is 26.1. The van der Waals surface area contributed by atoms with Gasteiger partial charge in [0.1, 0.15) is 0 Å². The molecule has 0 atom stereocenters. The molecule has 0 spiro atoms. The number of sulfonamides is 1. The van der Waals surface area contributed by atoms with E-state index in [0.29, 0.717) is 41.5 Å². The van der Waals surface area contributed by atoms with Crippen molar-refractivity contribution in [3.63, 3.8) is 0 Å². The Hall–Kier alpha value is -3.49. The molecule has 1 heterocycles. The van der Waals surface area contributed by atoms with Crippen LogP contribution in [-0.4, -0.2) is 37.6 Å². The van der Waals surface area contributed by atoms with Crippen LogP contribution in [0.15, 0.2) is 71.6 Å². The van der Waals surface area contributed by atoms with Crippen LogP contribution in [0.25, 0.3) is 0 Å². The van der Waals surface area contributed by atoms with Crippen LogP contribution in [-0.2, 0) is 15.4 Å². The number of piperidine rings is 1. The summed E-state index contributed by atoms with van der Waals surface area (Å²) in [7, 11) is -3.68. The van der Waals surface area contributed by atoms with Gasteiger partial charge < -0.3 is 10.6 Å². The number of nitrogens with zero attached hydrogens (tertiary/aromatic N) is 1. The van der Waals surface area contributed by atoms with E-state index in [2.05, 4.69) is 38.3 Å². The number of rotatable bonds is 6. The standard InChI is InChI=1S/C31H37N3O4S/c1-21-15-17-34(18-16-21)39(37,38)27-14-9-22(2)28(20-27)30(36)33-26-8-6-7-25(19-26)32-29(35)23-10-12-24(13-11-23)31(3,4)5/h6-14,19-21H,15-18H2,1-5H3,(H,32,35)(H,33,36). The van der Waals surface area contributed by atoms with Gasteiger partial charge in [-0.15, -0.1) is 0 Å². The van der Waals surface area contributed by atoms with Gasteiger partial charge in [0.25, 0.3) is 11.8 Å². The number of hydrogen-bond acceptors (Lipinski definition) is 4. The largest absolute Gasteiger partial charge is 0.322 e. The van der Waals surface area contributed by atoms with Crippen molar-refractivity contribution < 1.29 is 18.0 Å². The zero-order valence-electron chi connectivity index (χ0n) is 23.2. The highest BCUT2D eigenvalue weighted by molar-refractivity contribution is 7.89. The van der Waals surface area contributed by atoms with Gasteiger partial charge in [0, 0.05) is 35.6 Å². The van der Waals surface area contributed by atoms with Crippen LogP contribution in [0, 0.1) is 12.8 Å². The molecule has 1 aliphatic rings. The number of carbonyl (C=O) groups is 2. The van der Waals surface area contributed by atoms with E-state index in [9.17, 15) is 18.0 Å². The molecular weight excluding hydrogens is 510 g/mol. The normalized spacial score (nSPS) is 15.1. The first-order chi connectivity index (χ1) is 18.3. The first-order valence-electron chi connectivity index (χ1n) is 13.3. The highest BCUT2D eigenvalue weighted by atomic mass is 32.2. The SMILES string of the molecule is Cc1ccc(S(=O)(=O)N2CCC(C)CC2)cc1C(=O)Nc1cccc(NC(=O)c2ccc(C(C)(C)C)cc2)c1. The predicted molar refractivity (Wildman–Crippen MR) is 156 cm³/mol. The molecule has 3 aromatic rings. The molecule has 0 radical (unpaired) electrons. The second-order valence-electron chi connectivity index (χ2n) is 11.4. The van der Waals surface area contributed by atoms with Gasteiger partial charge in [-0.1, -0.05) is 52.0 Å². The van der Waals surface area contributed by atoms with Gasteiger partial charge in [0.15, 0.2) is 0 Å². The van der Waals surface area contributed by atoms with Crippen LogP contribution in [0.5, 0.6) is 0 Å². The summed E-state index contributed by atoms with van der Waals surface area (Å²) in [6.45, 7) is 11.2. The third-order valence-corrected chi connectivity index (χ3v) is 9.12. The molecule has 2 amide bonds. The second-order valence-corrected chi connectivity index (χ2v) is 13.3. The summed E-state index contributed by atoms with van der Waals surface area (Å²) in [5.41, 5.74) is 3.65. The topological polar surface area (TPSA) is 95.6 Å². The van der Waals surface area contributed by atoms with Gasteiger partial charge in [-0.25, -0.2) is 8.42 Å². The quantitative estimate of drug-likeness (QED) is 0.383. The van der Waals surface area contributed by atoms with Crippen LogP contribution in [0.4, 0.5) is 11.4 Å². The molecule has 3 aromatic carbocycles. The minimum Gasteiger partial charge on any atom is -0.322 e. The minimum atomic E-state index is -3.68. The van der Waals surface area contributed by atoms with Gasteiger partial charge in [0.05, 0.1) is 4.90 Å². The van der Waals surface area contributed by atoms with E-state index in [1.807, 2.05) is 12.1 Å². The van der Waals surface area contributed by atoms with E-state index in [0.717, 1.165) is 18.4 Å². The Morgan fingerprint density at radius 3 is 2.03 bits per heavy atom. The van der Waals surface area contributed by atoms with Crippen molar-refractivity contribution in [3.8, 4) is 0 Å². The smallest absolute Gasteiger partial charge is 0.255 e. The number of aryl methyl sites for hydroxylation is 1. The minimum absolute atomic E-state index is 0.00411. The van der Waals surface area contributed by atoms with Gasteiger partial charge >= 0.3 is 0 Å². The Bertz CT molecular complexity index is 1470. The number of nitrogens with one attached hydrogen (secondary N) is 2. The van der Waals surface area contributed by atoms with Crippen LogP contribution in [0.2, 0.25) is 0 Å². The van der Waals surface area contributed by atoms with Gasteiger partial charge in [-0.05, 0) is 84.7 Å². The molecule has 1 aliphatic heterocycles. The first-order valence-corrected chi connectivity index (χ1v) is 14.7. The van der Waals surface area contributed by atoms with Gasteiger partial charge in [-0.3, -0.25) is 9.59 Å². The van der Waals surface area contributed by atoms with Crippen LogP contribution in [0.1, 0.15) is 72.4 Å². The van der Waals surface area contributed by atoms with E-state index < -0.39 is 15.9 Å². The van der Waals surface area contributed by atoms with Crippen molar-refractivity contribution in [2.45, 2.75) is 57.8 Å². The lowest BCUT2D eigenvalue weighted by atomic mass is 9.87. The maximum atomic E-state index is 13.2. The summed E-state index contributed by atoms with van der Waals surface area (Å²) < 4.78 is 28.0. The van der Waals surface area contributed by atoms with Crippen molar-refractivity contribution >= 4 is 33.2 Å². The molecular formula is C31H37N3O4S. The Morgan fingerprint density at radius 2 is 1.44 bits per heavy atom. The monoisotopic (exact) mass is 547 g/mol. The molecule has 0 bridgehead atoms. The molecule has 1 fully saturated rings. The van der Waals surface area contributed by atoms with Gasteiger partial charge in [-0.2, -0.15) is 4.31 Å². The molecule has 0 unspecified atom stereocenters. The summed E-state index contributed by atoms with van der Waals surface area (Å²) in [5, 5.41) is 5.72. The lowest BCUT2D eigenvalue weighted by Crippen LogP contribution is -2.38. The summed E-state index contributed by atoms with van der Waals surface area (Å²) in [6.07, 6.45) is 1.65. The van der Waals surface area contributed by atoms with Crippen molar-refractivity contribution in [2.24, 2.45) is 5.92 Å². The van der Waals surface area contributed by atoms with Crippen LogP contribution in [0.3, 0.4) is 0 Å². The molecule has 206 valence electrons. The number of hydrogen-bond donors (Lipinski definition) is 2. The predicted octanol–water partition coefficient (Wildman–Crippen LogP) is 6.22. The highest BCUT2D eigenvalue weighted by Crippen LogP contribution is 2.26. The lowest BCUT2D eigenvalue weighted by molar-refractivity contribution is 0.101. The molecule has 2 N–H and O–H groups in total. The van der Waals surface area contributed by atoms with Gasteiger partial charge in [0.2, 0.25) is 10.0 Å². The fourth-order valence-corrected chi connectivity index (χ4v) is 6.07. The molecule has 39 heavy (non-hydrogen) atoms.